The van der Waals surface area contributed by atoms with Crippen LogP contribution in [-0.4, -0.2) is 53.4 Å². The zero-order chi connectivity index (χ0) is 13.3. The third kappa shape index (κ3) is 2.12. The number of amides is 1. The van der Waals surface area contributed by atoms with Gasteiger partial charge in [-0.05, 0) is 12.1 Å². The zero-order valence-corrected chi connectivity index (χ0v) is 10.0. The van der Waals surface area contributed by atoms with Gasteiger partial charge >= 0.3 is 0 Å². The van der Waals surface area contributed by atoms with Gasteiger partial charge in [0.15, 0.2) is 0 Å². The summed E-state index contributed by atoms with van der Waals surface area (Å²) in [5, 5.41) is 18.9. The highest BCUT2D eigenvalue weighted by atomic mass is 16.5. The van der Waals surface area contributed by atoms with Gasteiger partial charge in [-0.3, -0.25) is 4.79 Å². The topological polar surface area (TPSA) is 96.0 Å². The molecule has 1 aliphatic heterocycles. The number of nitrogens with zero attached hydrogens (tertiary/aromatic N) is 1. The van der Waals surface area contributed by atoms with Crippen LogP contribution in [0.25, 0.3) is 0 Å². The number of rotatable bonds is 2. The maximum Gasteiger partial charge on any atom is 0.256 e. The summed E-state index contributed by atoms with van der Waals surface area (Å²) < 4.78 is 5.05. The predicted molar refractivity (Wildman–Crippen MR) is 65.3 cm³/mol. The number of para-hydroxylation sites is 1. The van der Waals surface area contributed by atoms with Gasteiger partial charge in [0.05, 0.1) is 30.6 Å². The Hall–Kier alpha value is -1.79. The van der Waals surface area contributed by atoms with E-state index in [0.717, 1.165) is 0 Å². The third-order valence-corrected chi connectivity index (χ3v) is 3.06. The molecular weight excluding hydrogens is 236 g/mol. The van der Waals surface area contributed by atoms with Crippen LogP contribution in [0.2, 0.25) is 0 Å². The Morgan fingerprint density at radius 2 is 2.00 bits per heavy atom. The van der Waals surface area contributed by atoms with E-state index in [-0.39, 0.29) is 24.7 Å². The lowest BCUT2D eigenvalue weighted by atomic mass is 10.1. The highest BCUT2D eigenvalue weighted by molar-refractivity contribution is 6.00. The van der Waals surface area contributed by atoms with Gasteiger partial charge in [0.2, 0.25) is 0 Å². The van der Waals surface area contributed by atoms with Crippen molar-refractivity contribution >= 4 is 11.6 Å². The largest absolute Gasteiger partial charge is 0.495 e. The van der Waals surface area contributed by atoms with Crippen molar-refractivity contribution in [3.63, 3.8) is 0 Å². The Bertz CT molecular complexity index is 453. The second kappa shape index (κ2) is 4.83. The van der Waals surface area contributed by atoms with Crippen LogP contribution in [0, 0.1) is 0 Å². The summed E-state index contributed by atoms with van der Waals surface area (Å²) in [5.74, 6) is 0.114. The number of anilines is 1. The highest BCUT2D eigenvalue weighted by Crippen LogP contribution is 2.26. The molecule has 0 unspecified atom stereocenters. The standard InChI is InChI=1S/C12H16N2O4/c1-18-10-4-2-3-7(11(10)13)12(17)14-5-8(15)9(16)6-14/h2-4,8-9,15-16H,5-6,13H2,1H3/t8-,9+. The summed E-state index contributed by atoms with van der Waals surface area (Å²) >= 11 is 0. The second-order valence-electron chi connectivity index (χ2n) is 4.27. The van der Waals surface area contributed by atoms with Gasteiger partial charge in [-0.1, -0.05) is 6.07 Å². The predicted octanol–water partition coefficient (Wildman–Crippen LogP) is -0.545. The first-order valence-electron chi connectivity index (χ1n) is 5.62. The third-order valence-electron chi connectivity index (χ3n) is 3.06. The lowest BCUT2D eigenvalue weighted by molar-refractivity contribution is 0.0572. The molecule has 6 nitrogen and oxygen atoms in total. The molecule has 1 aliphatic rings. The monoisotopic (exact) mass is 252 g/mol. The van der Waals surface area contributed by atoms with Gasteiger partial charge in [0.25, 0.3) is 5.91 Å². The minimum absolute atomic E-state index is 0.108. The molecule has 1 heterocycles. The lowest BCUT2D eigenvalue weighted by Crippen LogP contribution is -2.30. The molecular formula is C12H16N2O4. The summed E-state index contributed by atoms with van der Waals surface area (Å²) in [6.45, 7) is 0.216. The Morgan fingerprint density at radius 1 is 1.39 bits per heavy atom. The maximum absolute atomic E-state index is 12.2. The molecule has 1 saturated heterocycles. The molecule has 0 aromatic heterocycles. The molecule has 18 heavy (non-hydrogen) atoms. The van der Waals surface area contributed by atoms with Crippen LogP contribution in [-0.2, 0) is 0 Å². The van der Waals surface area contributed by atoms with Gasteiger partial charge in [0.1, 0.15) is 5.75 Å². The van der Waals surface area contributed by atoms with Gasteiger partial charge < -0.3 is 25.6 Å². The van der Waals surface area contributed by atoms with Crippen LogP contribution in [0.5, 0.6) is 5.75 Å². The number of nitrogens with two attached hydrogens (primary N) is 1. The van der Waals surface area contributed by atoms with Crippen molar-refractivity contribution in [3.05, 3.63) is 23.8 Å². The van der Waals surface area contributed by atoms with Crippen LogP contribution in [0.15, 0.2) is 18.2 Å². The van der Waals surface area contributed by atoms with Gasteiger partial charge in [-0.2, -0.15) is 0 Å². The molecule has 1 aromatic carbocycles. The first-order valence-corrected chi connectivity index (χ1v) is 5.62. The van der Waals surface area contributed by atoms with E-state index in [4.69, 9.17) is 10.5 Å². The second-order valence-corrected chi connectivity index (χ2v) is 4.27. The van der Waals surface area contributed by atoms with Crippen molar-refractivity contribution in [3.8, 4) is 5.75 Å². The molecule has 4 N–H and O–H groups in total. The number of carbonyl (C=O) groups is 1. The number of hydrogen-bond acceptors (Lipinski definition) is 5. The molecule has 0 saturated carbocycles. The SMILES string of the molecule is COc1cccc(C(=O)N2C[C@@H](O)[C@@H](O)C2)c1N. The van der Waals surface area contributed by atoms with E-state index in [1.165, 1.54) is 12.0 Å². The Labute approximate surface area is 105 Å². The molecule has 1 fully saturated rings. The molecule has 0 bridgehead atoms. The smallest absolute Gasteiger partial charge is 0.256 e. The average molecular weight is 252 g/mol. The summed E-state index contributed by atoms with van der Waals surface area (Å²) in [6, 6.07) is 4.93. The van der Waals surface area contributed by atoms with Gasteiger partial charge in [-0.25, -0.2) is 0 Å². The van der Waals surface area contributed by atoms with E-state index in [9.17, 15) is 15.0 Å². The number of carbonyl (C=O) groups excluding carboxylic acids is 1. The molecule has 0 spiro atoms. The van der Waals surface area contributed by atoms with Crippen molar-refractivity contribution in [2.75, 3.05) is 25.9 Å². The normalized spacial score (nSPS) is 23.2. The number of aliphatic hydroxyl groups excluding tert-OH is 2. The molecule has 98 valence electrons. The van der Waals surface area contributed by atoms with E-state index < -0.39 is 12.2 Å². The van der Waals surface area contributed by atoms with Crippen molar-refractivity contribution in [1.82, 2.24) is 4.90 Å². The van der Waals surface area contributed by atoms with E-state index in [0.29, 0.717) is 11.3 Å². The molecule has 6 heteroatoms. The Morgan fingerprint density at radius 3 is 2.56 bits per heavy atom. The van der Waals surface area contributed by atoms with Crippen molar-refractivity contribution in [1.29, 1.82) is 0 Å². The van der Waals surface area contributed by atoms with Crippen LogP contribution in [0.3, 0.4) is 0 Å². The fourth-order valence-electron chi connectivity index (χ4n) is 2.01. The van der Waals surface area contributed by atoms with E-state index >= 15 is 0 Å². The minimum atomic E-state index is -0.902. The lowest BCUT2D eigenvalue weighted by Gasteiger charge is -2.17. The number of hydrogen-bond donors (Lipinski definition) is 3. The van der Waals surface area contributed by atoms with Gasteiger partial charge in [0, 0.05) is 13.1 Å². The summed E-state index contributed by atoms with van der Waals surface area (Å²) in [7, 11) is 1.48. The van der Waals surface area contributed by atoms with E-state index in [1.807, 2.05) is 0 Å². The number of aliphatic hydroxyl groups is 2. The zero-order valence-electron chi connectivity index (χ0n) is 10.0. The minimum Gasteiger partial charge on any atom is -0.495 e. The van der Waals surface area contributed by atoms with Crippen LogP contribution in [0.4, 0.5) is 5.69 Å². The van der Waals surface area contributed by atoms with Crippen LogP contribution in [0.1, 0.15) is 10.4 Å². The summed E-state index contributed by atoms with van der Waals surface area (Å²) in [4.78, 5) is 13.6. The molecule has 2 atom stereocenters. The fourth-order valence-corrected chi connectivity index (χ4v) is 2.01. The first kappa shape index (κ1) is 12.7. The quantitative estimate of drug-likeness (QED) is 0.614. The van der Waals surface area contributed by atoms with Crippen molar-refractivity contribution in [2.24, 2.45) is 0 Å². The molecule has 2 rings (SSSR count). The Balaban J connectivity index is 2.24. The highest BCUT2D eigenvalue weighted by Gasteiger charge is 2.33. The number of methoxy groups -OCH3 is 1. The van der Waals surface area contributed by atoms with Crippen molar-refractivity contribution in [2.45, 2.75) is 12.2 Å². The summed E-state index contributed by atoms with van der Waals surface area (Å²) in [5.41, 5.74) is 6.41. The fraction of sp³-hybridized carbons (Fsp3) is 0.417. The number of benzene rings is 1. The van der Waals surface area contributed by atoms with Crippen molar-refractivity contribution < 1.29 is 19.7 Å². The number of likely N-dealkylation sites (tertiary alicyclic amines) is 1. The summed E-state index contributed by atoms with van der Waals surface area (Å²) in [6.07, 6.45) is -1.80. The maximum atomic E-state index is 12.2. The average Bonchev–Trinajstić information content (AvgIpc) is 2.69. The van der Waals surface area contributed by atoms with E-state index in [1.54, 1.807) is 18.2 Å². The molecule has 1 aromatic rings. The number of β-amino-alcohol motifs (C(OH)–C–C–N with tert-alkyl or cyclic N) is 2. The van der Waals surface area contributed by atoms with Crippen LogP contribution >= 0.6 is 0 Å². The number of ether oxygens (including phenoxy) is 1. The Kier molecular flexibility index (Phi) is 3.40. The molecule has 0 radical (unpaired) electrons. The number of nitrogen functional groups attached to an aromatic ring is 1. The molecule has 0 aliphatic carbocycles. The van der Waals surface area contributed by atoms with E-state index in [2.05, 4.69) is 0 Å². The molecule has 1 amide bonds. The van der Waals surface area contributed by atoms with Gasteiger partial charge in [-0.15, -0.1) is 0 Å². The first-order chi connectivity index (χ1) is 8.54. The van der Waals surface area contributed by atoms with Crippen LogP contribution < -0.4 is 10.5 Å².